The highest BCUT2D eigenvalue weighted by Gasteiger charge is 2.16. The van der Waals surface area contributed by atoms with Crippen LogP contribution in [0.4, 0.5) is 13.2 Å². The highest BCUT2D eigenvalue weighted by Crippen LogP contribution is 2.33. The fourth-order valence-corrected chi connectivity index (χ4v) is 2.41. The summed E-state index contributed by atoms with van der Waals surface area (Å²) in [6, 6.07) is 0. The van der Waals surface area contributed by atoms with Crippen LogP contribution in [-0.2, 0) is 4.74 Å². The first-order chi connectivity index (χ1) is 11.7. The molecule has 0 saturated carbocycles. The summed E-state index contributed by atoms with van der Waals surface area (Å²) in [5, 5.41) is 0. The third-order valence-electron chi connectivity index (χ3n) is 3.47. The molecule has 0 heterocycles. The Morgan fingerprint density at radius 1 is 1.16 bits per heavy atom. The zero-order valence-corrected chi connectivity index (χ0v) is 15.7. The van der Waals surface area contributed by atoms with E-state index in [1.165, 1.54) is 18.2 Å². The summed E-state index contributed by atoms with van der Waals surface area (Å²) in [5.74, 6) is -3.21. The maximum Gasteiger partial charge on any atom is 0.200 e. The number of hydrogen-bond donors (Lipinski definition) is 0. The van der Waals surface area contributed by atoms with Gasteiger partial charge in [0.15, 0.2) is 11.6 Å². The lowest BCUT2D eigenvalue weighted by Crippen LogP contribution is -1.97. The van der Waals surface area contributed by atoms with Crippen LogP contribution < -0.4 is 0 Å². The third kappa shape index (κ3) is 5.78. The molecule has 1 nitrogen and oxygen atoms in total. The molecule has 5 heteroatoms. The van der Waals surface area contributed by atoms with Gasteiger partial charge in [0.2, 0.25) is 5.83 Å². The highest BCUT2D eigenvalue weighted by molar-refractivity contribution is 9.11. The first-order valence-electron chi connectivity index (χ1n) is 7.57. The van der Waals surface area contributed by atoms with Crippen molar-refractivity contribution in [3.63, 3.8) is 0 Å². The zero-order valence-electron chi connectivity index (χ0n) is 14.1. The fraction of sp³-hybridized carbons (Fsp3) is 0.200. The van der Waals surface area contributed by atoms with Crippen molar-refractivity contribution < 1.29 is 17.9 Å². The van der Waals surface area contributed by atoms with E-state index in [1.54, 1.807) is 6.92 Å². The van der Waals surface area contributed by atoms with Crippen molar-refractivity contribution in [3.8, 4) is 0 Å². The van der Waals surface area contributed by atoms with Crippen molar-refractivity contribution in [1.82, 2.24) is 0 Å². The van der Waals surface area contributed by atoms with E-state index >= 15 is 0 Å². The van der Waals surface area contributed by atoms with Crippen LogP contribution in [0.5, 0.6) is 0 Å². The molecule has 0 aromatic rings. The van der Waals surface area contributed by atoms with Crippen molar-refractivity contribution in [1.29, 1.82) is 0 Å². The highest BCUT2D eigenvalue weighted by atomic mass is 79.9. The molecule has 25 heavy (non-hydrogen) atoms. The molecule has 0 aliphatic heterocycles. The van der Waals surface area contributed by atoms with Gasteiger partial charge in [0.1, 0.15) is 5.83 Å². The average molecular weight is 413 g/mol. The molecular weight excluding hydrogens is 393 g/mol. The number of ether oxygens (including phenoxy) is 1. The van der Waals surface area contributed by atoms with Crippen LogP contribution in [-0.4, -0.2) is 6.61 Å². The summed E-state index contributed by atoms with van der Waals surface area (Å²) in [5.41, 5.74) is 0.783. The minimum atomic E-state index is -1.23. The molecule has 0 fully saturated rings. The Bertz CT molecular complexity index is 736. The van der Waals surface area contributed by atoms with Gasteiger partial charge < -0.3 is 4.74 Å². The van der Waals surface area contributed by atoms with Gasteiger partial charge in [-0.2, -0.15) is 4.39 Å². The van der Waals surface area contributed by atoms with Gasteiger partial charge in [-0.1, -0.05) is 54.4 Å². The molecular formula is C20H20BrF3O. The standard InChI is InChI=1S/C20H20BrF3O/c1-6-25-15(5)20(24)19(23)14(4)12(2)7-8-13(3)17-10-9-16(21)11-18(17)22/h7-8,11H,2-6,9-10H2,1H3/b8-7-,20-19-. The van der Waals surface area contributed by atoms with Gasteiger partial charge in [-0.05, 0) is 47.0 Å². The second-order valence-corrected chi connectivity index (χ2v) is 6.28. The lowest BCUT2D eigenvalue weighted by atomic mass is 9.96. The van der Waals surface area contributed by atoms with E-state index in [0.29, 0.717) is 24.0 Å². The van der Waals surface area contributed by atoms with E-state index in [2.05, 4.69) is 42.2 Å². The summed E-state index contributed by atoms with van der Waals surface area (Å²) in [6.07, 6.45) is 5.47. The van der Waals surface area contributed by atoms with Gasteiger partial charge in [-0.25, -0.2) is 8.78 Å². The normalized spacial score (nSPS) is 15.6. The van der Waals surface area contributed by atoms with Crippen LogP contribution in [0.15, 0.2) is 94.6 Å². The van der Waals surface area contributed by atoms with Crippen LogP contribution in [0.1, 0.15) is 19.8 Å². The summed E-state index contributed by atoms with van der Waals surface area (Å²) < 4.78 is 47.4. The zero-order chi connectivity index (χ0) is 19.1. The van der Waals surface area contributed by atoms with Crippen molar-refractivity contribution in [2.24, 2.45) is 0 Å². The first-order valence-corrected chi connectivity index (χ1v) is 8.36. The Hall–Kier alpha value is -2.01. The van der Waals surface area contributed by atoms with Gasteiger partial charge in [-0.15, -0.1) is 0 Å². The first kappa shape index (κ1) is 21.0. The topological polar surface area (TPSA) is 9.23 Å². The largest absolute Gasteiger partial charge is 0.491 e. The van der Waals surface area contributed by atoms with Crippen molar-refractivity contribution in [3.05, 3.63) is 94.6 Å². The van der Waals surface area contributed by atoms with Crippen molar-refractivity contribution in [2.45, 2.75) is 19.8 Å². The summed E-state index contributed by atoms with van der Waals surface area (Å²) in [4.78, 5) is 0. The van der Waals surface area contributed by atoms with Crippen LogP contribution in [0, 0.1) is 0 Å². The molecule has 0 spiro atoms. The Labute approximate surface area is 155 Å². The van der Waals surface area contributed by atoms with Crippen LogP contribution in [0.2, 0.25) is 0 Å². The van der Waals surface area contributed by atoms with E-state index in [1.807, 2.05) is 0 Å². The molecule has 0 aromatic carbocycles. The molecule has 1 aliphatic rings. The van der Waals surface area contributed by atoms with Crippen molar-refractivity contribution >= 4 is 15.9 Å². The molecule has 0 aromatic heterocycles. The quantitative estimate of drug-likeness (QED) is 0.302. The van der Waals surface area contributed by atoms with Gasteiger partial charge >= 0.3 is 0 Å². The van der Waals surface area contributed by atoms with Crippen LogP contribution >= 0.6 is 15.9 Å². The fourth-order valence-electron chi connectivity index (χ4n) is 2.01. The Kier molecular flexibility index (Phi) is 7.97. The molecule has 0 atom stereocenters. The molecule has 0 saturated heterocycles. The van der Waals surface area contributed by atoms with Gasteiger partial charge in [0.25, 0.3) is 0 Å². The molecule has 1 rings (SSSR count). The summed E-state index contributed by atoms with van der Waals surface area (Å²) in [7, 11) is 0. The third-order valence-corrected chi connectivity index (χ3v) is 4.09. The molecule has 0 amide bonds. The minimum absolute atomic E-state index is 0.131. The summed E-state index contributed by atoms with van der Waals surface area (Å²) >= 11 is 3.25. The second-order valence-electron chi connectivity index (χ2n) is 5.26. The molecule has 0 radical (unpaired) electrons. The van der Waals surface area contributed by atoms with Crippen LogP contribution in [0.3, 0.4) is 0 Å². The van der Waals surface area contributed by atoms with E-state index in [9.17, 15) is 13.2 Å². The second kappa shape index (κ2) is 9.47. The smallest absolute Gasteiger partial charge is 0.200 e. The minimum Gasteiger partial charge on any atom is -0.491 e. The SMILES string of the molecule is C=C(/C=C\C(=C)C1=C(F)C=C(Br)CC1)C(=C)/C(F)=C(/F)C(=C)OCC. The number of halogens is 4. The maximum absolute atomic E-state index is 14.1. The van der Waals surface area contributed by atoms with Gasteiger partial charge in [0, 0.05) is 5.57 Å². The van der Waals surface area contributed by atoms with E-state index in [-0.39, 0.29) is 23.6 Å². The maximum atomic E-state index is 14.1. The van der Waals surface area contributed by atoms with Crippen molar-refractivity contribution in [2.75, 3.05) is 6.61 Å². The molecule has 134 valence electrons. The van der Waals surface area contributed by atoms with Crippen LogP contribution in [0.25, 0.3) is 0 Å². The lowest BCUT2D eigenvalue weighted by Gasteiger charge is -2.13. The number of hydrogen-bond acceptors (Lipinski definition) is 1. The molecule has 0 bridgehead atoms. The summed E-state index contributed by atoms with van der Waals surface area (Å²) in [6.45, 7) is 16.0. The molecule has 0 unspecified atom stereocenters. The molecule has 0 N–H and O–H groups in total. The molecule has 1 aliphatic carbocycles. The average Bonchev–Trinajstić information content (AvgIpc) is 2.57. The van der Waals surface area contributed by atoms with E-state index in [0.717, 1.165) is 4.48 Å². The Morgan fingerprint density at radius 2 is 1.80 bits per heavy atom. The number of allylic oxidation sites excluding steroid dienone is 11. The van der Waals surface area contributed by atoms with E-state index in [4.69, 9.17) is 4.74 Å². The van der Waals surface area contributed by atoms with E-state index < -0.39 is 17.4 Å². The monoisotopic (exact) mass is 412 g/mol. The predicted octanol–water partition coefficient (Wildman–Crippen LogP) is 7.21. The van der Waals surface area contributed by atoms with Gasteiger partial charge in [-0.3, -0.25) is 0 Å². The Balaban J connectivity index is 2.88. The predicted molar refractivity (Wildman–Crippen MR) is 101 cm³/mol. The lowest BCUT2D eigenvalue weighted by molar-refractivity contribution is 0.224. The van der Waals surface area contributed by atoms with Gasteiger partial charge in [0.05, 0.1) is 6.61 Å². The Morgan fingerprint density at radius 3 is 2.36 bits per heavy atom. The number of rotatable bonds is 8.